The van der Waals surface area contributed by atoms with Gasteiger partial charge in [-0.3, -0.25) is 23.3 Å². The molecule has 5 rings (SSSR count). The van der Waals surface area contributed by atoms with Crippen molar-refractivity contribution in [3.8, 4) is 22.7 Å². The van der Waals surface area contributed by atoms with E-state index in [1.165, 1.54) is 16.7 Å². The van der Waals surface area contributed by atoms with Crippen LogP contribution < -0.4 is 16.0 Å². The summed E-state index contributed by atoms with van der Waals surface area (Å²) >= 11 is 0. The van der Waals surface area contributed by atoms with Gasteiger partial charge >= 0.3 is 5.69 Å². The Balaban J connectivity index is 1.94. The minimum Gasteiger partial charge on any atom is -0.492 e. The number of fused-ring (bicyclic) bond motifs is 3. The van der Waals surface area contributed by atoms with Gasteiger partial charge in [0.1, 0.15) is 11.6 Å². The number of H-pyrrole nitrogens is 1. The van der Waals surface area contributed by atoms with Crippen LogP contribution in [0.1, 0.15) is 6.92 Å². The molecule has 0 amide bonds. The molecule has 0 aliphatic heterocycles. The van der Waals surface area contributed by atoms with Gasteiger partial charge in [-0.15, -0.1) is 0 Å². The Hall–Kier alpha value is -4.14. The lowest BCUT2D eigenvalue weighted by Crippen LogP contribution is -2.28. The Bertz CT molecular complexity index is 1560. The second-order valence-corrected chi connectivity index (χ2v) is 7.03. The number of benzene rings is 2. The highest BCUT2D eigenvalue weighted by atomic mass is 19.1. The molecule has 0 saturated heterocycles. The SMILES string of the molecule is CCOc1ccccc1-n1c(-c2ccc(F)cc2)cn2c3c(=O)[nH]c(=O)n(C)c3nc12. The number of aryl methyl sites for hydroxylation is 1. The molecule has 0 bridgehead atoms. The molecule has 9 heteroatoms. The van der Waals surface area contributed by atoms with E-state index < -0.39 is 11.2 Å². The van der Waals surface area contributed by atoms with E-state index in [9.17, 15) is 14.0 Å². The molecule has 0 fully saturated rings. The van der Waals surface area contributed by atoms with Crippen molar-refractivity contribution in [3.63, 3.8) is 0 Å². The molecule has 2 aromatic carbocycles. The lowest BCUT2D eigenvalue weighted by atomic mass is 10.1. The van der Waals surface area contributed by atoms with Gasteiger partial charge in [0.25, 0.3) is 5.56 Å². The fourth-order valence-electron chi connectivity index (χ4n) is 3.74. The zero-order valence-corrected chi connectivity index (χ0v) is 16.8. The average Bonchev–Trinajstić information content (AvgIpc) is 3.30. The van der Waals surface area contributed by atoms with Crippen molar-refractivity contribution in [2.75, 3.05) is 6.61 Å². The summed E-state index contributed by atoms with van der Waals surface area (Å²) in [6, 6.07) is 13.5. The molecule has 0 saturated carbocycles. The molecule has 1 N–H and O–H groups in total. The van der Waals surface area contributed by atoms with Crippen LogP contribution in [0.5, 0.6) is 5.75 Å². The molecule has 0 unspecified atom stereocenters. The van der Waals surface area contributed by atoms with Crippen LogP contribution in [-0.4, -0.2) is 30.1 Å². The third-order valence-corrected chi connectivity index (χ3v) is 5.17. The molecule has 31 heavy (non-hydrogen) atoms. The molecule has 0 aliphatic carbocycles. The summed E-state index contributed by atoms with van der Waals surface area (Å²) in [5.41, 5.74) is 1.54. The lowest BCUT2D eigenvalue weighted by molar-refractivity contribution is 0.339. The van der Waals surface area contributed by atoms with Gasteiger partial charge in [-0.25, -0.2) is 9.18 Å². The quantitative estimate of drug-likeness (QED) is 0.485. The van der Waals surface area contributed by atoms with Gasteiger partial charge in [-0.2, -0.15) is 4.98 Å². The lowest BCUT2D eigenvalue weighted by Gasteiger charge is -2.14. The fourth-order valence-corrected chi connectivity index (χ4v) is 3.74. The molecule has 0 radical (unpaired) electrons. The van der Waals surface area contributed by atoms with E-state index >= 15 is 0 Å². The standard InChI is InChI=1S/C22H18FN5O3/c1-3-31-17-7-5-4-6-15(17)28-16(13-8-10-14(23)11-9-13)12-27-18-19(24-21(27)28)26(2)22(30)25-20(18)29/h4-12H,3H2,1-2H3,(H,25,29,30). The summed E-state index contributed by atoms with van der Waals surface area (Å²) in [7, 11) is 1.55. The number of para-hydroxylation sites is 2. The first kappa shape index (κ1) is 18.9. The largest absolute Gasteiger partial charge is 0.492 e. The second-order valence-electron chi connectivity index (χ2n) is 7.03. The third-order valence-electron chi connectivity index (χ3n) is 5.17. The van der Waals surface area contributed by atoms with Crippen LogP contribution in [0.3, 0.4) is 0 Å². The Morgan fingerprint density at radius 3 is 2.58 bits per heavy atom. The zero-order valence-electron chi connectivity index (χ0n) is 16.8. The Kier molecular flexibility index (Phi) is 4.25. The Morgan fingerprint density at radius 2 is 1.84 bits per heavy atom. The van der Waals surface area contributed by atoms with Crippen LogP contribution in [0.15, 0.2) is 64.3 Å². The predicted octanol–water partition coefficient (Wildman–Crippen LogP) is 2.87. The van der Waals surface area contributed by atoms with E-state index in [1.807, 2.05) is 35.8 Å². The molecular weight excluding hydrogens is 401 g/mol. The zero-order chi connectivity index (χ0) is 21.7. The molecule has 3 heterocycles. The van der Waals surface area contributed by atoms with Crippen molar-refractivity contribution in [2.24, 2.45) is 7.05 Å². The number of halogens is 1. The molecule has 0 atom stereocenters. The minimum absolute atomic E-state index is 0.244. The molecule has 8 nitrogen and oxygen atoms in total. The topological polar surface area (TPSA) is 86.3 Å². The maximum Gasteiger partial charge on any atom is 0.329 e. The van der Waals surface area contributed by atoms with Gasteiger partial charge in [0.15, 0.2) is 11.2 Å². The number of rotatable bonds is 4. The van der Waals surface area contributed by atoms with E-state index in [-0.39, 0.29) is 17.0 Å². The molecule has 5 aromatic rings. The van der Waals surface area contributed by atoms with Crippen LogP contribution in [0.2, 0.25) is 0 Å². The van der Waals surface area contributed by atoms with Gasteiger partial charge in [-0.05, 0) is 43.3 Å². The highest BCUT2D eigenvalue weighted by molar-refractivity contribution is 5.80. The first-order valence-electron chi connectivity index (χ1n) is 9.70. The summed E-state index contributed by atoms with van der Waals surface area (Å²) in [5.74, 6) is 0.702. The smallest absolute Gasteiger partial charge is 0.329 e. The number of aromatic amines is 1. The number of nitrogens with zero attached hydrogens (tertiary/aromatic N) is 4. The first-order valence-corrected chi connectivity index (χ1v) is 9.70. The normalized spacial score (nSPS) is 11.5. The van der Waals surface area contributed by atoms with Crippen molar-refractivity contribution in [2.45, 2.75) is 6.92 Å². The number of nitrogens with one attached hydrogen (secondary N) is 1. The van der Waals surface area contributed by atoms with Crippen molar-refractivity contribution in [1.82, 2.24) is 23.5 Å². The van der Waals surface area contributed by atoms with Gasteiger partial charge in [0.05, 0.1) is 18.0 Å². The highest BCUT2D eigenvalue weighted by Crippen LogP contribution is 2.33. The van der Waals surface area contributed by atoms with Crippen LogP contribution in [0.25, 0.3) is 33.9 Å². The van der Waals surface area contributed by atoms with Crippen LogP contribution >= 0.6 is 0 Å². The molecule has 3 aromatic heterocycles. The third kappa shape index (κ3) is 2.85. The summed E-state index contributed by atoms with van der Waals surface area (Å²) in [5, 5.41) is 0. The maximum atomic E-state index is 13.6. The van der Waals surface area contributed by atoms with E-state index in [0.717, 1.165) is 5.56 Å². The average molecular weight is 419 g/mol. The summed E-state index contributed by atoms with van der Waals surface area (Å²) < 4.78 is 24.1. The predicted molar refractivity (Wildman–Crippen MR) is 114 cm³/mol. The number of aromatic nitrogens is 5. The number of hydrogen-bond donors (Lipinski definition) is 1. The van der Waals surface area contributed by atoms with Crippen LogP contribution in [0, 0.1) is 5.82 Å². The molecule has 0 spiro atoms. The van der Waals surface area contributed by atoms with E-state index in [2.05, 4.69) is 9.97 Å². The maximum absolute atomic E-state index is 13.6. The monoisotopic (exact) mass is 419 g/mol. The van der Waals surface area contributed by atoms with Gasteiger partial charge in [0.2, 0.25) is 5.78 Å². The van der Waals surface area contributed by atoms with Crippen molar-refractivity contribution >= 4 is 16.9 Å². The number of imidazole rings is 2. The second kappa shape index (κ2) is 6.98. The molecule has 156 valence electrons. The summed E-state index contributed by atoms with van der Waals surface area (Å²) in [6.45, 7) is 2.35. The van der Waals surface area contributed by atoms with Crippen LogP contribution in [0.4, 0.5) is 4.39 Å². The number of hydrogen-bond acceptors (Lipinski definition) is 4. The van der Waals surface area contributed by atoms with Gasteiger partial charge in [-0.1, -0.05) is 12.1 Å². The fraction of sp³-hybridized carbons (Fsp3) is 0.136. The summed E-state index contributed by atoms with van der Waals surface area (Å²) in [6.07, 6.45) is 1.75. The van der Waals surface area contributed by atoms with Crippen molar-refractivity contribution in [3.05, 3.63) is 81.4 Å². The first-order chi connectivity index (χ1) is 15.0. The molecule has 0 aliphatic rings. The Morgan fingerprint density at radius 1 is 1.10 bits per heavy atom. The van der Waals surface area contributed by atoms with Crippen LogP contribution in [-0.2, 0) is 7.05 Å². The van der Waals surface area contributed by atoms with E-state index in [4.69, 9.17) is 4.74 Å². The van der Waals surface area contributed by atoms with E-state index in [1.54, 1.807) is 29.8 Å². The van der Waals surface area contributed by atoms with Crippen molar-refractivity contribution in [1.29, 1.82) is 0 Å². The van der Waals surface area contributed by atoms with E-state index in [0.29, 0.717) is 29.5 Å². The van der Waals surface area contributed by atoms with Gasteiger partial charge < -0.3 is 4.74 Å². The minimum atomic E-state index is -0.543. The Labute approximate surface area is 174 Å². The van der Waals surface area contributed by atoms with Crippen molar-refractivity contribution < 1.29 is 9.13 Å². The highest BCUT2D eigenvalue weighted by Gasteiger charge is 2.22. The van der Waals surface area contributed by atoms with Gasteiger partial charge in [0, 0.05) is 18.8 Å². The summed E-state index contributed by atoms with van der Waals surface area (Å²) in [4.78, 5) is 31.6. The number of ether oxygens (including phenoxy) is 1. The molecular formula is C22H18FN5O3.